The summed E-state index contributed by atoms with van der Waals surface area (Å²) in [7, 11) is 0. The molecule has 21 heavy (non-hydrogen) atoms. The predicted octanol–water partition coefficient (Wildman–Crippen LogP) is 3.71. The molecular formula is C18H18N2O. The van der Waals surface area contributed by atoms with E-state index in [0.29, 0.717) is 12.2 Å². The van der Waals surface area contributed by atoms with Crippen LogP contribution in [0.25, 0.3) is 10.9 Å². The summed E-state index contributed by atoms with van der Waals surface area (Å²) >= 11 is 0. The summed E-state index contributed by atoms with van der Waals surface area (Å²) < 4.78 is 0. The Bertz CT molecular complexity index is 802. The lowest BCUT2D eigenvalue weighted by atomic mass is 10.1. The third-order valence-corrected chi connectivity index (χ3v) is 3.56. The third kappa shape index (κ3) is 2.97. The second-order valence-corrected chi connectivity index (χ2v) is 5.45. The van der Waals surface area contributed by atoms with Gasteiger partial charge < -0.3 is 10.3 Å². The largest absolute Gasteiger partial charge is 0.351 e. The van der Waals surface area contributed by atoms with Crippen molar-refractivity contribution in [2.24, 2.45) is 0 Å². The number of aryl methyl sites for hydroxylation is 2. The van der Waals surface area contributed by atoms with Crippen molar-refractivity contribution in [2.75, 3.05) is 0 Å². The molecule has 0 saturated carbocycles. The molecule has 1 heterocycles. The van der Waals surface area contributed by atoms with E-state index < -0.39 is 0 Å². The van der Waals surface area contributed by atoms with Gasteiger partial charge in [-0.3, -0.25) is 4.79 Å². The highest BCUT2D eigenvalue weighted by Crippen LogP contribution is 2.17. The van der Waals surface area contributed by atoms with Gasteiger partial charge >= 0.3 is 0 Å². The first-order valence-electron chi connectivity index (χ1n) is 7.05. The normalized spacial score (nSPS) is 10.8. The SMILES string of the molecule is Cc1cccc(CNC(=O)c2cc3cc(C)ccc3[nH]2)c1. The van der Waals surface area contributed by atoms with Gasteiger partial charge in [-0.2, -0.15) is 0 Å². The number of hydrogen-bond acceptors (Lipinski definition) is 1. The molecule has 0 atom stereocenters. The van der Waals surface area contributed by atoms with Gasteiger partial charge in [0.15, 0.2) is 0 Å². The molecule has 0 bridgehead atoms. The van der Waals surface area contributed by atoms with Crippen molar-refractivity contribution in [3.63, 3.8) is 0 Å². The molecule has 0 saturated heterocycles. The van der Waals surface area contributed by atoms with E-state index in [-0.39, 0.29) is 5.91 Å². The van der Waals surface area contributed by atoms with E-state index in [9.17, 15) is 4.79 Å². The number of carbonyl (C=O) groups is 1. The molecule has 0 unspecified atom stereocenters. The summed E-state index contributed by atoms with van der Waals surface area (Å²) in [5.74, 6) is -0.0784. The van der Waals surface area contributed by atoms with Gasteiger partial charge in [0.05, 0.1) is 0 Å². The molecule has 0 fully saturated rings. The molecule has 0 aliphatic carbocycles. The molecule has 1 aromatic heterocycles. The second-order valence-electron chi connectivity index (χ2n) is 5.45. The zero-order chi connectivity index (χ0) is 14.8. The average Bonchev–Trinajstić information content (AvgIpc) is 2.88. The number of aromatic amines is 1. The van der Waals surface area contributed by atoms with E-state index in [2.05, 4.69) is 22.4 Å². The minimum atomic E-state index is -0.0784. The molecule has 3 aromatic rings. The smallest absolute Gasteiger partial charge is 0.267 e. The van der Waals surface area contributed by atoms with Crippen LogP contribution in [-0.4, -0.2) is 10.9 Å². The van der Waals surface area contributed by atoms with E-state index in [1.54, 1.807) is 0 Å². The molecule has 3 heteroatoms. The molecule has 3 nitrogen and oxygen atoms in total. The maximum Gasteiger partial charge on any atom is 0.267 e. The molecule has 2 N–H and O–H groups in total. The van der Waals surface area contributed by atoms with Crippen LogP contribution in [0.2, 0.25) is 0 Å². The summed E-state index contributed by atoms with van der Waals surface area (Å²) in [5.41, 5.74) is 5.08. The van der Waals surface area contributed by atoms with Crippen molar-refractivity contribution in [3.05, 3.63) is 70.9 Å². The van der Waals surface area contributed by atoms with Gasteiger partial charge in [0.25, 0.3) is 5.91 Å². The molecule has 0 spiro atoms. The minimum Gasteiger partial charge on any atom is -0.351 e. The Morgan fingerprint density at radius 2 is 1.86 bits per heavy atom. The zero-order valence-electron chi connectivity index (χ0n) is 12.2. The van der Waals surface area contributed by atoms with Crippen LogP contribution < -0.4 is 5.32 Å². The van der Waals surface area contributed by atoms with Crippen LogP contribution in [0.1, 0.15) is 27.2 Å². The van der Waals surface area contributed by atoms with Crippen LogP contribution in [0.5, 0.6) is 0 Å². The fraction of sp³-hybridized carbons (Fsp3) is 0.167. The molecule has 0 aliphatic rings. The number of carbonyl (C=O) groups excluding carboxylic acids is 1. The molecule has 0 aliphatic heterocycles. The van der Waals surface area contributed by atoms with Crippen LogP contribution in [0.3, 0.4) is 0 Å². The first-order chi connectivity index (χ1) is 10.1. The summed E-state index contributed by atoms with van der Waals surface area (Å²) in [6.45, 7) is 4.63. The van der Waals surface area contributed by atoms with E-state index in [4.69, 9.17) is 0 Å². The fourth-order valence-corrected chi connectivity index (χ4v) is 2.47. The summed E-state index contributed by atoms with van der Waals surface area (Å²) in [6.07, 6.45) is 0. The average molecular weight is 278 g/mol. The lowest BCUT2D eigenvalue weighted by molar-refractivity contribution is 0.0946. The lowest BCUT2D eigenvalue weighted by Gasteiger charge is -2.04. The zero-order valence-corrected chi connectivity index (χ0v) is 12.2. The molecule has 0 radical (unpaired) electrons. The number of fused-ring (bicyclic) bond motifs is 1. The highest BCUT2D eigenvalue weighted by molar-refractivity contribution is 5.98. The fourth-order valence-electron chi connectivity index (χ4n) is 2.47. The first kappa shape index (κ1) is 13.4. The number of benzene rings is 2. The van der Waals surface area contributed by atoms with Crippen LogP contribution in [0, 0.1) is 13.8 Å². The lowest BCUT2D eigenvalue weighted by Crippen LogP contribution is -2.23. The van der Waals surface area contributed by atoms with Crippen molar-refractivity contribution in [2.45, 2.75) is 20.4 Å². The number of hydrogen-bond donors (Lipinski definition) is 2. The Hall–Kier alpha value is -2.55. The summed E-state index contributed by atoms with van der Waals surface area (Å²) in [6, 6.07) is 16.1. The van der Waals surface area contributed by atoms with Crippen molar-refractivity contribution in [1.29, 1.82) is 0 Å². The standard InChI is InChI=1S/C18H18N2O/c1-12-4-3-5-14(8-12)11-19-18(21)17-10-15-9-13(2)6-7-16(15)20-17/h3-10,20H,11H2,1-2H3,(H,19,21). The van der Waals surface area contributed by atoms with Crippen LogP contribution in [-0.2, 0) is 6.54 Å². The van der Waals surface area contributed by atoms with Gasteiger partial charge in [-0.25, -0.2) is 0 Å². The second kappa shape index (κ2) is 5.44. The molecule has 106 valence electrons. The summed E-state index contributed by atoms with van der Waals surface area (Å²) in [4.78, 5) is 15.4. The molecule has 2 aromatic carbocycles. The summed E-state index contributed by atoms with van der Waals surface area (Å²) in [5, 5.41) is 4.01. The van der Waals surface area contributed by atoms with Gasteiger partial charge in [0, 0.05) is 17.4 Å². The number of H-pyrrole nitrogens is 1. The number of aromatic nitrogens is 1. The number of rotatable bonds is 3. The highest BCUT2D eigenvalue weighted by atomic mass is 16.1. The van der Waals surface area contributed by atoms with Gasteiger partial charge in [-0.15, -0.1) is 0 Å². The highest BCUT2D eigenvalue weighted by Gasteiger charge is 2.09. The Kier molecular flexibility index (Phi) is 3.48. The number of amides is 1. The minimum absolute atomic E-state index is 0.0784. The maximum atomic E-state index is 12.2. The van der Waals surface area contributed by atoms with Gasteiger partial charge in [-0.05, 0) is 37.6 Å². The van der Waals surface area contributed by atoms with E-state index in [0.717, 1.165) is 16.5 Å². The number of nitrogens with one attached hydrogen (secondary N) is 2. The molecule has 1 amide bonds. The Balaban J connectivity index is 1.74. The predicted molar refractivity (Wildman–Crippen MR) is 85.4 cm³/mol. The Morgan fingerprint density at radius 1 is 1.05 bits per heavy atom. The molecule has 3 rings (SSSR count). The van der Waals surface area contributed by atoms with Gasteiger partial charge in [0.2, 0.25) is 0 Å². The van der Waals surface area contributed by atoms with E-state index in [1.165, 1.54) is 11.1 Å². The van der Waals surface area contributed by atoms with Crippen LogP contribution >= 0.6 is 0 Å². The van der Waals surface area contributed by atoms with Gasteiger partial charge in [0.1, 0.15) is 5.69 Å². The molecular weight excluding hydrogens is 260 g/mol. The van der Waals surface area contributed by atoms with Crippen molar-refractivity contribution < 1.29 is 4.79 Å². The van der Waals surface area contributed by atoms with Crippen LogP contribution in [0.15, 0.2) is 48.5 Å². The van der Waals surface area contributed by atoms with Gasteiger partial charge in [-0.1, -0.05) is 41.5 Å². The van der Waals surface area contributed by atoms with E-state index >= 15 is 0 Å². The first-order valence-corrected chi connectivity index (χ1v) is 7.05. The van der Waals surface area contributed by atoms with Crippen LogP contribution in [0.4, 0.5) is 0 Å². The third-order valence-electron chi connectivity index (χ3n) is 3.56. The van der Waals surface area contributed by atoms with Crippen molar-refractivity contribution >= 4 is 16.8 Å². The monoisotopic (exact) mass is 278 g/mol. The van der Waals surface area contributed by atoms with E-state index in [1.807, 2.05) is 50.2 Å². The Labute approximate surface area is 124 Å². The quantitative estimate of drug-likeness (QED) is 0.753. The van der Waals surface area contributed by atoms with Crippen molar-refractivity contribution in [3.8, 4) is 0 Å². The topological polar surface area (TPSA) is 44.9 Å². The maximum absolute atomic E-state index is 12.2. The Morgan fingerprint density at radius 3 is 2.67 bits per heavy atom. The van der Waals surface area contributed by atoms with Crippen molar-refractivity contribution in [1.82, 2.24) is 10.3 Å².